The molecule has 0 unspecified atom stereocenters. The monoisotopic (exact) mass is 210 g/mol. The van der Waals surface area contributed by atoms with Gasteiger partial charge in [-0.15, -0.1) is 0 Å². The topological polar surface area (TPSA) is 17.1 Å². The zero-order chi connectivity index (χ0) is 5.49. The number of halogens is 1. The SMILES string of the molecule is CC1(C(=O)I)CC1. The Balaban J connectivity index is 2.55. The molecule has 0 aromatic heterocycles. The molecule has 0 bridgehead atoms. The second-order valence-electron chi connectivity index (χ2n) is 2.33. The van der Waals surface area contributed by atoms with E-state index in [9.17, 15) is 4.79 Å². The van der Waals surface area contributed by atoms with Crippen LogP contribution in [0.3, 0.4) is 0 Å². The zero-order valence-electron chi connectivity index (χ0n) is 4.20. The van der Waals surface area contributed by atoms with E-state index in [2.05, 4.69) is 0 Å². The van der Waals surface area contributed by atoms with Crippen molar-refractivity contribution in [3.8, 4) is 0 Å². The maximum absolute atomic E-state index is 10.5. The summed E-state index contributed by atoms with van der Waals surface area (Å²) < 4.78 is 0.324. The van der Waals surface area contributed by atoms with Crippen molar-refractivity contribution >= 4 is 26.4 Å². The quantitative estimate of drug-likeness (QED) is 0.476. The van der Waals surface area contributed by atoms with Gasteiger partial charge in [-0.05, 0) is 12.8 Å². The summed E-state index contributed by atoms with van der Waals surface area (Å²) in [5.74, 6) is 0. The molecule has 0 saturated heterocycles. The van der Waals surface area contributed by atoms with Crippen LogP contribution in [0.15, 0.2) is 0 Å². The highest BCUT2D eigenvalue weighted by Gasteiger charge is 2.42. The average molecular weight is 210 g/mol. The lowest BCUT2D eigenvalue weighted by Crippen LogP contribution is -2.00. The lowest BCUT2D eigenvalue weighted by Gasteiger charge is -1.94. The first kappa shape index (κ1) is 5.54. The van der Waals surface area contributed by atoms with Crippen LogP contribution in [0.25, 0.3) is 0 Å². The molecule has 1 fully saturated rings. The number of carbonyl (C=O) groups excluding carboxylic acids is 1. The number of carbonyl (C=O) groups is 1. The van der Waals surface area contributed by atoms with E-state index in [4.69, 9.17) is 0 Å². The second kappa shape index (κ2) is 1.44. The smallest absolute Gasteiger partial charge is 0.198 e. The molecule has 0 aliphatic heterocycles. The fraction of sp³-hybridized carbons (Fsp3) is 0.800. The van der Waals surface area contributed by atoms with Gasteiger partial charge in [0.05, 0.1) is 0 Å². The third-order valence-electron chi connectivity index (χ3n) is 1.47. The summed E-state index contributed by atoms with van der Waals surface area (Å²) in [7, 11) is 0. The van der Waals surface area contributed by atoms with Gasteiger partial charge in [-0.2, -0.15) is 0 Å². The Morgan fingerprint density at radius 2 is 2.14 bits per heavy atom. The van der Waals surface area contributed by atoms with Crippen molar-refractivity contribution in [3.63, 3.8) is 0 Å². The van der Waals surface area contributed by atoms with Crippen LogP contribution in [0.4, 0.5) is 0 Å². The Morgan fingerprint density at radius 1 is 1.71 bits per heavy atom. The van der Waals surface area contributed by atoms with Gasteiger partial charge in [0.25, 0.3) is 0 Å². The fourth-order valence-electron chi connectivity index (χ4n) is 0.384. The van der Waals surface area contributed by atoms with Gasteiger partial charge in [-0.3, -0.25) is 4.79 Å². The van der Waals surface area contributed by atoms with E-state index in [1.165, 1.54) is 0 Å². The molecule has 0 aromatic rings. The van der Waals surface area contributed by atoms with Crippen LogP contribution in [0.2, 0.25) is 0 Å². The van der Waals surface area contributed by atoms with Crippen LogP contribution in [0, 0.1) is 5.41 Å². The van der Waals surface area contributed by atoms with E-state index in [1.54, 1.807) is 0 Å². The minimum absolute atomic E-state index is 0.0978. The van der Waals surface area contributed by atoms with Crippen molar-refractivity contribution < 1.29 is 4.79 Å². The van der Waals surface area contributed by atoms with E-state index in [0.717, 1.165) is 12.8 Å². The minimum atomic E-state index is 0.0978. The standard InChI is InChI=1S/C5H7IO/c1-5(2-3-5)4(6)7/h2-3H2,1H3. The Morgan fingerprint density at radius 3 is 2.14 bits per heavy atom. The summed E-state index contributed by atoms with van der Waals surface area (Å²) in [5.41, 5.74) is 0.0978. The lowest BCUT2D eigenvalue weighted by molar-refractivity contribution is -0.113. The molecular formula is C5H7IO. The van der Waals surface area contributed by atoms with Crippen molar-refractivity contribution in [2.75, 3.05) is 0 Å². The van der Waals surface area contributed by atoms with Gasteiger partial charge in [0.15, 0.2) is 3.79 Å². The van der Waals surface area contributed by atoms with Gasteiger partial charge in [0.2, 0.25) is 0 Å². The third kappa shape index (κ3) is 0.953. The molecule has 0 atom stereocenters. The first-order valence-corrected chi connectivity index (χ1v) is 3.43. The van der Waals surface area contributed by atoms with Crippen LogP contribution in [-0.2, 0) is 4.79 Å². The molecule has 1 saturated carbocycles. The molecule has 1 aliphatic carbocycles. The highest BCUT2D eigenvalue weighted by atomic mass is 127. The molecule has 1 rings (SSSR count). The minimum Gasteiger partial charge on any atom is -0.287 e. The summed E-state index contributed by atoms with van der Waals surface area (Å²) in [6.07, 6.45) is 2.21. The van der Waals surface area contributed by atoms with Crippen molar-refractivity contribution in [1.82, 2.24) is 0 Å². The van der Waals surface area contributed by atoms with Gasteiger partial charge in [-0.25, -0.2) is 0 Å². The Labute approximate surface area is 56.6 Å². The number of rotatable bonds is 1. The molecule has 0 spiro atoms. The normalized spacial score (nSPS) is 24.3. The predicted molar refractivity (Wildman–Crippen MR) is 36.4 cm³/mol. The molecule has 0 N–H and O–H groups in total. The van der Waals surface area contributed by atoms with Gasteiger partial charge in [0, 0.05) is 28.0 Å². The fourth-order valence-corrected chi connectivity index (χ4v) is 0.923. The molecule has 7 heavy (non-hydrogen) atoms. The van der Waals surface area contributed by atoms with Crippen LogP contribution in [0.1, 0.15) is 19.8 Å². The van der Waals surface area contributed by atoms with E-state index in [1.807, 2.05) is 29.5 Å². The van der Waals surface area contributed by atoms with E-state index < -0.39 is 0 Å². The summed E-state index contributed by atoms with van der Waals surface area (Å²) >= 11 is 1.87. The van der Waals surface area contributed by atoms with Crippen molar-refractivity contribution in [3.05, 3.63) is 0 Å². The summed E-state index contributed by atoms with van der Waals surface area (Å²) in [5, 5.41) is 0. The van der Waals surface area contributed by atoms with Gasteiger partial charge in [-0.1, -0.05) is 6.92 Å². The molecular weight excluding hydrogens is 203 g/mol. The molecule has 0 amide bonds. The molecule has 40 valence electrons. The maximum atomic E-state index is 10.5. The Kier molecular flexibility index (Phi) is 1.14. The highest BCUT2D eigenvalue weighted by Crippen LogP contribution is 2.47. The molecule has 1 nitrogen and oxygen atoms in total. The molecule has 1 aliphatic rings. The maximum Gasteiger partial charge on any atom is 0.198 e. The highest BCUT2D eigenvalue weighted by molar-refractivity contribution is 14.1. The van der Waals surface area contributed by atoms with Crippen molar-refractivity contribution in [2.24, 2.45) is 5.41 Å². The number of hydrogen-bond donors (Lipinski definition) is 0. The third-order valence-corrected chi connectivity index (χ3v) is 2.78. The summed E-state index contributed by atoms with van der Waals surface area (Å²) in [6, 6.07) is 0. The molecule has 0 heterocycles. The molecule has 0 aromatic carbocycles. The first-order chi connectivity index (χ1) is 3.15. The number of hydrogen-bond acceptors (Lipinski definition) is 1. The van der Waals surface area contributed by atoms with E-state index >= 15 is 0 Å². The summed E-state index contributed by atoms with van der Waals surface area (Å²) in [6.45, 7) is 2.02. The van der Waals surface area contributed by atoms with Crippen LogP contribution in [-0.4, -0.2) is 3.79 Å². The lowest BCUT2D eigenvalue weighted by atomic mass is 10.2. The molecule has 2 heteroatoms. The van der Waals surface area contributed by atoms with Crippen molar-refractivity contribution in [2.45, 2.75) is 19.8 Å². The van der Waals surface area contributed by atoms with Crippen molar-refractivity contribution in [1.29, 1.82) is 0 Å². The van der Waals surface area contributed by atoms with Crippen LogP contribution in [0.5, 0.6) is 0 Å². The van der Waals surface area contributed by atoms with E-state index in [-0.39, 0.29) is 5.41 Å². The predicted octanol–water partition coefficient (Wildman–Crippen LogP) is 1.75. The van der Waals surface area contributed by atoms with Gasteiger partial charge < -0.3 is 0 Å². The molecule has 0 radical (unpaired) electrons. The Hall–Kier alpha value is 0.400. The first-order valence-electron chi connectivity index (χ1n) is 2.35. The largest absolute Gasteiger partial charge is 0.287 e. The second-order valence-corrected chi connectivity index (χ2v) is 3.31. The van der Waals surface area contributed by atoms with Gasteiger partial charge in [0.1, 0.15) is 0 Å². The van der Waals surface area contributed by atoms with Crippen LogP contribution >= 0.6 is 22.6 Å². The average Bonchev–Trinajstić information content (AvgIpc) is 2.21. The van der Waals surface area contributed by atoms with E-state index in [0.29, 0.717) is 3.79 Å². The zero-order valence-corrected chi connectivity index (χ0v) is 6.36. The Bertz CT molecular complexity index is 105. The van der Waals surface area contributed by atoms with Gasteiger partial charge >= 0.3 is 0 Å². The summed E-state index contributed by atoms with van der Waals surface area (Å²) in [4.78, 5) is 10.5. The van der Waals surface area contributed by atoms with Crippen LogP contribution < -0.4 is 0 Å².